The van der Waals surface area contributed by atoms with Crippen molar-refractivity contribution in [3.05, 3.63) is 24.0 Å². The molecule has 1 aliphatic rings. The van der Waals surface area contributed by atoms with Crippen molar-refractivity contribution in [3.63, 3.8) is 0 Å². The Labute approximate surface area is 132 Å². The number of likely N-dealkylation sites (tertiary alicyclic amines) is 1. The molecule has 1 aromatic heterocycles. The first-order valence-electron chi connectivity index (χ1n) is 7.99. The van der Waals surface area contributed by atoms with Crippen molar-refractivity contribution < 1.29 is 14.6 Å². The molecule has 0 bridgehead atoms. The average molecular weight is 306 g/mol. The van der Waals surface area contributed by atoms with Gasteiger partial charge in [-0.2, -0.15) is 0 Å². The Kier molecular flexibility index (Phi) is 5.77. The molecule has 5 nitrogen and oxygen atoms in total. The van der Waals surface area contributed by atoms with Gasteiger partial charge in [0.15, 0.2) is 0 Å². The van der Waals surface area contributed by atoms with E-state index in [-0.39, 0.29) is 17.9 Å². The van der Waals surface area contributed by atoms with Gasteiger partial charge in [-0.15, -0.1) is 0 Å². The lowest BCUT2D eigenvalue weighted by Gasteiger charge is -2.40. The second kappa shape index (κ2) is 7.58. The summed E-state index contributed by atoms with van der Waals surface area (Å²) in [5, 5.41) is 9.55. The van der Waals surface area contributed by atoms with Crippen molar-refractivity contribution >= 4 is 5.91 Å². The van der Waals surface area contributed by atoms with Crippen LogP contribution in [0, 0.1) is 5.41 Å². The van der Waals surface area contributed by atoms with Crippen LogP contribution < -0.4 is 4.74 Å². The fraction of sp³-hybridized carbons (Fsp3) is 0.647. The number of ether oxygens (including phenoxy) is 1. The third kappa shape index (κ3) is 3.97. The van der Waals surface area contributed by atoms with Crippen molar-refractivity contribution in [1.29, 1.82) is 0 Å². The molecule has 1 aliphatic heterocycles. The van der Waals surface area contributed by atoms with Crippen LogP contribution in [-0.4, -0.2) is 47.7 Å². The van der Waals surface area contributed by atoms with Crippen LogP contribution in [0.5, 0.6) is 5.75 Å². The Bertz CT molecular complexity index is 490. The van der Waals surface area contributed by atoms with Gasteiger partial charge in [0.05, 0.1) is 13.3 Å². The van der Waals surface area contributed by atoms with Gasteiger partial charge in [-0.25, -0.2) is 0 Å². The van der Waals surface area contributed by atoms with E-state index in [1.807, 2.05) is 11.0 Å². The van der Waals surface area contributed by atoms with E-state index in [4.69, 9.17) is 4.74 Å². The largest absolute Gasteiger partial charge is 0.495 e. The number of piperidine rings is 1. The number of aliphatic hydroxyl groups is 1. The maximum absolute atomic E-state index is 12.3. The van der Waals surface area contributed by atoms with Crippen LogP contribution in [0.3, 0.4) is 0 Å². The number of methoxy groups -OCH3 is 1. The minimum absolute atomic E-state index is 0.0213. The number of hydrogen-bond acceptors (Lipinski definition) is 4. The van der Waals surface area contributed by atoms with Gasteiger partial charge in [-0.1, -0.05) is 6.92 Å². The molecule has 1 saturated heterocycles. The van der Waals surface area contributed by atoms with Crippen LogP contribution in [0.15, 0.2) is 18.5 Å². The van der Waals surface area contributed by atoms with E-state index in [0.29, 0.717) is 12.8 Å². The molecule has 22 heavy (non-hydrogen) atoms. The Morgan fingerprint density at radius 3 is 2.73 bits per heavy atom. The van der Waals surface area contributed by atoms with Gasteiger partial charge in [0.2, 0.25) is 5.91 Å². The minimum Gasteiger partial charge on any atom is -0.495 e. The maximum atomic E-state index is 12.3. The van der Waals surface area contributed by atoms with Crippen LogP contribution in [0.2, 0.25) is 0 Å². The molecule has 2 rings (SSSR count). The molecule has 0 aromatic carbocycles. The molecule has 1 amide bonds. The second-order valence-electron chi connectivity index (χ2n) is 6.13. The molecule has 0 radical (unpaired) electrons. The summed E-state index contributed by atoms with van der Waals surface area (Å²) in [6.45, 7) is 3.84. The highest BCUT2D eigenvalue weighted by atomic mass is 16.5. The third-order valence-electron chi connectivity index (χ3n) is 4.90. The van der Waals surface area contributed by atoms with Crippen LogP contribution in [0.25, 0.3) is 0 Å². The Hall–Kier alpha value is -1.62. The lowest BCUT2D eigenvalue weighted by molar-refractivity contribution is -0.134. The van der Waals surface area contributed by atoms with Crippen LogP contribution in [0.4, 0.5) is 0 Å². The summed E-state index contributed by atoms with van der Waals surface area (Å²) in [6.07, 6.45) is 7.38. The van der Waals surface area contributed by atoms with Gasteiger partial charge in [-0.3, -0.25) is 9.78 Å². The number of pyridine rings is 1. The molecule has 0 spiro atoms. The zero-order valence-corrected chi connectivity index (χ0v) is 13.5. The van der Waals surface area contributed by atoms with E-state index in [0.717, 1.165) is 43.7 Å². The van der Waals surface area contributed by atoms with Gasteiger partial charge in [0.1, 0.15) is 5.75 Å². The van der Waals surface area contributed by atoms with Crippen LogP contribution >= 0.6 is 0 Å². The summed E-state index contributed by atoms with van der Waals surface area (Å²) in [7, 11) is 1.61. The van der Waals surface area contributed by atoms with E-state index >= 15 is 0 Å². The normalized spacial score (nSPS) is 17.3. The molecule has 0 aliphatic carbocycles. The molecule has 1 N–H and O–H groups in total. The lowest BCUT2D eigenvalue weighted by atomic mass is 9.77. The molecular weight excluding hydrogens is 280 g/mol. The SMILES string of the molecule is CCC1(CO)CCN(C(=O)CCc2cncc(OC)c2)CC1. The van der Waals surface area contributed by atoms with Crippen molar-refractivity contribution in [2.75, 3.05) is 26.8 Å². The standard InChI is InChI=1S/C17H26N2O3/c1-3-17(13-20)6-8-19(9-7-17)16(21)5-4-14-10-15(22-2)12-18-11-14/h10-12,20H,3-9,13H2,1-2H3. The average Bonchev–Trinajstić information content (AvgIpc) is 2.60. The first-order valence-corrected chi connectivity index (χ1v) is 7.99. The monoisotopic (exact) mass is 306 g/mol. The molecular formula is C17H26N2O3. The highest BCUT2D eigenvalue weighted by Gasteiger charge is 2.33. The van der Waals surface area contributed by atoms with Crippen LogP contribution in [0.1, 0.15) is 38.2 Å². The van der Waals surface area contributed by atoms with Gasteiger partial charge < -0.3 is 14.7 Å². The Morgan fingerprint density at radius 2 is 2.14 bits per heavy atom. The van der Waals surface area contributed by atoms with Crippen molar-refractivity contribution in [2.24, 2.45) is 5.41 Å². The number of carbonyl (C=O) groups is 1. The molecule has 5 heteroatoms. The number of hydrogen-bond donors (Lipinski definition) is 1. The van der Waals surface area contributed by atoms with Gasteiger partial charge in [0, 0.05) is 32.3 Å². The van der Waals surface area contributed by atoms with E-state index in [1.54, 1.807) is 19.5 Å². The van der Waals surface area contributed by atoms with E-state index in [2.05, 4.69) is 11.9 Å². The summed E-state index contributed by atoms with van der Waals surface area (Å²) < 4.78 is 5.14. The number of amides is 1. The number of aliphatic hydroxyl groups excluding tert-OH is 1. The third-order valence-corrected chi connectivity index (χ3v) is 4.90. The van der Waals surface area contributed by atoms with Crippen molar-refractivity contribution in [2.45, 2.75) is 39.0 Å². The van der Waals surface area contributed by atoms with Crippen molar-refractivity contribution in [1.82, 2.24) is 9.88 Å². The number of carbonyl (C=O) groups excluding carboxylic acids is 1. The first kappa shape index (κ1) is 16.7. The molecule has 2 heterocycles. The molecule has 122 valence electrons. The highest BCUT2D eigenvalue weighted by Crippen LogP contribution is 2.34. The van der Waals surface area contributed by atoms with E-state index in [9.17, 15) is 9.90 Å². The molecule has 0 unspecified atom stereocenters. The molecule has 1 aromatic rings. The number of aromatic nitrogens is 1. The lowest BCUT2D eigenvalue weighted by Crippen LogP contribution is -2.44. The number of rotatable bonds is 6. The van der Waals surface area contributed by atoms with Gasteiger partial charge in [0.25, 0.3) is 0 Å². The number of nitrogens with zero attached hydrogens (tertiary/aromatic N) is 2. The highest BCUT2D eigenvalue weighted by molar-refractivity contribution is 5.76. The quantitative estimate of drug-likeness (QED) is 0.873. The molecule has 0 atom stereocenters. The summed E-state index contributed by atoms with van der Waals surface area (Å²) in [5.74, 6) is 0.907. The zero-order chi connectivity index (χ0) is 16.0. The van der Waals surface area contributed by atoms with E-state index < -0.39 is 0 Å². The fourth-order valence-electron chi connectivity index (χ4n) is 2.98. The first-order chi connectivity index (χ1) is 10.6. The van der Waals surface area contributed by atoms with E-state index in [1.165, 1.54) is 0 Å². The topological polar surface area (TPSA) is 62.7 Å². The van der Waals surface area contributed by atoms with Crippen LogP contribution in [-0.2, 0) is 11.2 Å². The van der Waals surface area contributed by atoms with Crippen molar-refractivity contribution in [3.8, 4) is 5.75 Å². The maximum Gasteiger partial charge on any atom is 0.222 e. The smallest absolute Gasteiger partial charge is 0.222 e. The Balaban J connectivity index is 1.83. The fourth-order valence-corrected chi connectivity index (χ4v) is 2.98. The molecule has 1 fully saturated rings. The van der Waals surface area contributed by atoms with Gasteiger partial charge in [-0.05, 0) is 42.7 Å². The number of aryl methyl sites for hydroxylation is 1. The predicted octanol–water partition coefficient (Wildman–Crippen LogP) is 2.03. The predicted molar refractivity (Wildman–Crippen MR) is 84.7 cm³/mol. The summed E-state index contributed by atoms with van der Waals surface area (Å²) in [4.78, 5) is 18.4. The summed E-state index contributed by atoms with van der Waals surface area (Å²) in [6, 6.07) is 1.92. The molecule has 0 saturated carbocycles. The summed E-state index contributed by atoms with van der Waals surface area (Å²) in [5.41, 5.74) is 1.04. The van der Waals surface area contributed by atoms with Gasteiger partial charge >= 0.3 is 0 Å². The second-order valence-corrected chi connectivity index (χ2v) is 6.13. The Morgan fingerprint density at radius 1 is 1.41 bits per heavy atom. The zero-order valence-electron chi connectivity index (χ0n) is 13.5. The summed E-state index contributed by atoms with van der Waals surface area (Å²) >= 11 is 0. The minimum atomic E-state index is 0.0213.